The molecule has 0 heterocycles. The lowest BCUT2D eigenvalue weighted by atomic mass is 10.1. The predicted octanol–water partition coefficient (Wildman–Crippen LogP) is 1.50. The van der Waals surface area contributed by atoms with Gasteiger partial charge in [0.2, 0.25) is 0 Å². The number of nitrogens with one attached hydrogen (secondary N) is 1. The van der Waals surface area contributed by atoms with Gasteiger partial charge in [0.15, 0.2) is 0 Å². The van der Waals surface area contributed by atoms with Crippen molar-refractivity contribution < 1.29 is 4.74 Å². The Kier molecular flexibility index (Phi) is 4.05. The fraction of sp³-hybridized carbons (Fsp3) is 0.600. The van der Waals surface area contributed by atoms with E-state index in [1.807, 2.05) is 7.05 Å². The van der Waals surface area contributed by atoms with E-state index in [0.29, 0.717) is 6.10 Å². The Balaban J connectivity index is 2.16. The van der Waals surface area contributed by atoms with Crippen LogP contribution in [0.1, 0.15) is 13.3 Å². The number of allylic oxidation sites excluding steroid dienone is 2. The molecule has 68 valence electrons. The molecule has 2 nitrogen and oxygen atoms in total. The second kappa shape index (κ2) is 5.12. The van der Waals surface area contributed by atoms with Crippen LogP contribution in [0.15, 0.2) is 23.8 Å². The summed E-state index contributed by atoms with van der Waals surface area (Å²) in [5.41, 5.74) is 1.34. The van der Waals surface area contributed by atoms with Gasteiger partial charge in [-0.1, -0.05) is 23.8 Å². The zero-order valence-corrected chi connectivity index (χ0v) is 7.84. The molecule has 0 saturated heterocycles. The van der Waals surface area contributed by atoms with Gasteiger partial charge in [0.1, 0.15) is 0 Å². The molecule has 0 fully saturated rings. The summed E-state index contributed by atoms with van der Waals surface area (Å²) >= 11 is 0. The molecule has 1 atom stereocenters. The first-order chi connectivity index (χ1) is 5.83. The highest BCUT2D eigenvalue weighted by Gasteiger charge is 2.05. The highest BCUT2D eigenvalue weighted by Crippen LogP contribution is 2.11. The van der Waals surface area contributed by atoms with Crippen LogP contribution in [0, 0.1) is 0 Å². The van der Waals surface area contributed by atoms with Gasteiger partial charge in [-0.15, -0.1) is 0 Å². The normalized spacial score (nSPS) is 22.5. The highest BCUT2D eigenvalue weighted by molar-refractivity contribution is 5.21. The molecular formula is C10H17NO. The summed E-state index contributed by atoms with van der Waals surface area (Å²) in [6.07, 6.45) is 7.77. The van der Waals surface area contributed by atoms with Gasteiger partial charge in [0.05, 0.1) is 12.7 Å². The molecule has 1 aliphatic carbocycles. The van der Waals surface area contributed by atoms with Crippen molar-refractivity contribution in [3.63, 3.8) is 0 Å². The number of likely N-dealkylation sites (N-methyl/N-ethyl adjacent to an activating group) is 1. The lowest BCUT2D eigenvalue weighted by Gasteiger charge is -2.15. The van der Waals surface area contributed by atoms with Crippen LogP contribution in [-0.4, -0.2) is 26.3 Å². The summed E-state index contributed by atoms with van der Waals surface area (Å²) in [4.78, 5) is 0. The quantitative estimate of drug-likeness (QED) is 0.641. The molecule has 1 N–H and O–H groups in total. The molecule has 2 heteroatoms. The van der Waals surface area contributed by atoms with Crippen LogP contribution in [0.5, 0.6) is 0 Å². The molecule has 0 bridgehead atoms. The highest BCUT2D eigenvalue weighted by atomic mass is 16.5. The van der Waals surface area contributed by atoms with Crippen LogP contribution in [0.2, 0.25) is 0 Å². The molecule has 12 heavy (non-hydrogen) atoms. The Morgan fingerprint density at radius 3 is 3.08 bits per heavy atom. The summed E-state index contributed by atoms with van der Waals surface area (Å²) in [5.74, 6) is 0. The minimum Gasteiger partial charge on any atom is -0.373 e. The van der Waals surface area contributed by atoms with Gasteiger partial charge in [-0.3, -0.25) is 0 Å². The van der Waals surface area contributed by atoms with Crippen LogP contribution >= 0.6 is 0 Å². The summed E-state index contributed by atoms with van der Waals surface area (Å²) in [5, 5.41) is 3.05. The fourth-order valence-electron chi connectivity index (χ4n) is 1.14. The first-order valence-corrected chi connectivity index (χ1v) is 4.44. The predicted molar refractivity (Wildman–Crippen MR) is 51.2 cm³/mol. The summed E-state index contributed by atoms with van der Waals surface area (Å²) in [7, 11) is 1.93. The third kappa shape index (κ3) is 3.20. The monoisotopic (exact) mass is 167 g/mol. The van der Waals surface area contributed by atoms with Gasteiger partial charge in [-0.25, -0.2) is 0 Å². The molecule has 0 aliphatic heterocycles. The zero-order valence-electron chi connectivity index (χ0n) is 7.84. The Bertz CT molecular complexity index is 184. The SMILES string of the molecule is CNCCOC1C=CC(C)=CC1. The van der Waals surface area contributed by atoms with Crippen LogP contribution in [0.3, 0.4) is 0 Å². The molecule has 1 aliphatic rings. The van der Waals surface area contributed by atoms with Gasteiger partial charge < -0.3 is 10.1 Å². The van der Waals surface area contributed by atoms with Gasteiger partial charge >= 0.3 is 0 Å². The average molecular weight is 167 g/mol. The number of rotatable bonds is 4. The van der Waals surface area contributed by atoms with Crippen LogP contribution in [0.4, 0.5) is 0 Å². The largest absolute Gasteiger partial charge is 0.373 e. The third-order valence-corrected chi connectivity index (χ3v) is 1.93. The lowest BCUT2D eigenvalue weighted by molar-refractivity contribution is 0.0892. The van der Waals surface area contributed by atoms with Crippen molar-refractivity contribution in [3.05, 3.63) is 23.8 Å². The lowest BCUT2D eigenvalue weighted by Crippen LogP contribution is -2.19. The second-order valence-electron chi connectivity index (χ2n) is 3.06. The van der Waals surface area contributed by atoms with Crippen molar-refractivity contribution in [3.8, 4) is 0 Å². The van der Waals surface area contributed by atoms with E-state index in [4.69, 9.17) is 4.74 Å². The number of ether oxygens (including phenoxy) is 1. The van der Waals surface area contributed by atoms with E-state index in [0.717, 1.165) is 19.6 Å². The third-order valence-electron chi connectivity index (χ3n) is 1.93. The van der Waals surface area contributed by atoms with Crippen molar-refractivity contribution >= 4 is 0 Å². The maximum absolute atomic E-state index is 5.58. The minimum absolute atomic E-state index is 0.294. The van der Waals surface area contributed by atoms with Gasteiger partial charge in [0, 0.05) is 6.54 Å². The van der Waals surface area contributed by atoms with E-state index in [1.165, 1.54) is 5.57 Å². The molecule has 0 spiro atoms. The number of hydrogen-bond acceptors (Lipinski definition) is 2. The van der Waals surface area contributed by atoms with Crippen molar-refractivity contribution in [1.82, 2.24) is 5.32 Å². The molecule has 1 unspecified atom stereocenters. The van der Waals surface area contributed by atoms with E-state index >= 15 is 0 Å². The van der Waals surface area contributed by atoms with Gasteiger partial charge in [-0.05, 0) is 20.4 Å². The fourth-order valence-corrected chi connectivity index (χ4v) is 1.14. The molecule has 1 rings (SSSR count). The average Bonchev–Trinajstić information content (AvgIpc) is 2.09. The van der Waals surface area contributed by atoms with Crippen LogP contribution < -0.4 is 5.32 Å². The van der Waals surface area contributed by atoms with Crippen LogP contribution in [0.25, 0.3) is 0 Å². The van der Waals surface area contributed by atoms with Gasteiger partial charge in [0.25, 0.3) is 0 Å². The van der Waals surface area contributed by atoms with E-state index in [-0.39, 0.29) is 0 Å². The van der Waals surface area contributed by atoms with E-state index in [1.54, 1.807) is 0 Å². The molecule has 0 aromatic heterocycles. The first kappa shape index (κ1) is 9.49. The van der Waals surface area contributed by atoms with Crippen molar-refractivity contribution in [2.24, 2.45) is 0 Å². The maximum atomic E-state index is 5.58. The topological polar surface area (TPSA) is 21.3 Å². The summed E-state index contributed by atoms with van der Waals surface area (Å²) in [6, 6.07) is 0. The Labute approximate surface area is 74.3 Å². The smallest absolute Gasteiger partial charge is 0.0794 e. The molecule has 0 saturated carbocycles. The van der Waals surface area contributed by atoms with E-state index < -0.39 is 0 Å². The second-order valence-corrected chi connectivity index (χ2v) is 3.06. The van der Waals surface area contributed by atoms with Crippen molar-refractivity contribution in [2.45, 2.75) is 19.4 Å². The maximum Gasteiger partial charge on any atom is 0.0794 e. The number of hydrogen-bond donors (Lipinski definition) is 1. The molecule has 0 aromatic rings. The summed E-state index contributed by atoms with van der Waals surface area (Å²) in [6.45, 7) is 3.83. The first-order valence-electron chi connectivity index (χ1n) is 4.44. The molecule has 0 radical (unpaired) electrons. The van der Waals surface area contributed by atoms with Gasteiger partial charge in [-0.2, -0.15) is 0 Å². The Morgan fingerprint density at radius 2 is 2.50 bits per heavy atom. The molecular weight excluding hydrogens is 150 g/mol. The molecule has 0 aromatic carbocycles. The van der Waals surface area contributed by atoms with Crippen LogP contribution in [-0.2, 0) is 4.74 Å². The molecule has 0 amide bonds. The van der Waals surface area contributed by atoms with E-state index in [9.17, 15) is 0 Å². The van der Waals surface area contributed by atoms with E-state index in [2.05, 4.69) is 30.5 Å². The standard InChI is InChI=1S/C10H17NO/c1-9-3-5-10(6-4-9)12-8-7-11-2/h3-5,10-11H,6-8H2,1-2H3. The van der Waals surface area contributed by atoms with Crippen molar-refractivity contribution in [2.75, 3.05) is 20.2 Å². The Morgan fingerprint density at radius 1 is 1.67 bits per heavy atom. The summed E-state index contributed by atoms with van der Waals surface area (Å²) < 4.78 is 5.58. The zero-order chi connectivity index (χ0) is 8.81. The minimum atomic E-state index is 0.294. The van der Waals surface area contributed by atoms with Crippen molar-refractivity contribution in [1.29, 1.82) is 0 Å². The Hall–Kier alpha value is -0.600.